The van der Waals surface area contributed by atoms with E-state index in [1.807, 2.05) is 20.8 Å². The Morgan fingerprint density at radius 2 is 1.82 bits per heavy atom. The number of aliphatic hydroxyl groups is 2. The summed E-state index contributed by atoms with van der Waals surface area (Å²) in [5.41, 5.74) is 4.06. The van der Waals surface area contributed by atoms with Gasteiger partial charge in [0.2, 0.25) is 11.8 Å². The van der Waals surface area contributed by atoms with E-state index < -0.39 is 62.3 Å². The smallest absolute Gasteiger partial charge is 0.347 e. The van der Waals surface area contributed by atoms with Gasteiger partial charge in [-0.3, -0.25) is 18.7 Å². The molecule has 5 heterocycles. The van der Waals surface area contributed by atoms with Crippen LogP contribution in [0.2, 0.25) is 0 Å². The largest absolute Gasteiger partial charge is 0.480 e. The number of aromatic nitrogens is 4. The molecule has 5 rings (SSSR count). The maximum atomic E-state index is 15.0. The van der Waals surface area contributed by atoms with E-state index in [1.165, 1.54) is 34.3 Å². The Balaban J connectivity index is 1.42. The molecule has 18 heteroatoms. The van der Waals surface area contributed by atoms with Gasteiger partial charge < -0.3 is 39.8 Å². The van der Waals surface area contributed by atoms with Crippen LogP contribution in [0.4, 0.5) is 5.95 Å². The first-order chi connectivity index (χ1) is 21.1. The fourth-order valence-electron chi connectivity index (χ4n) is 6.05. The minimum atomic E-state index is -4.22. The van der Waals surface area contributed by atoms with Crippen molar-refractivity contribution in [2.24, 2.45) is 5.41 Å². The number of carbonyl (C=O) groups excluding carboxylic acids is 1. The van der Waals surface area contributed by atoms with Gasteiger partial charge in [0.05, 0.1) is 26.7 Å². The monoisotopic (exact) mass is 655 g/mol. The summed E-state index contributed by atoms with van der Waals surface area (Å²) in [6.45, 7) is 7.13. The van der Waals surface area contributed by atoms with E-state index >= 15 is 0 Å². The topological polar surface area (TPSA) is 225 Å². The molecule has 5 N–H and O–H groups in total. The summed E-state index contributed by atoms with van der Waals surface area (Å²) in [4.78, 5) is 37.9. The third kappa shape index (κ3) is 6.26. The molecule has 0 saturated carbocycles. The molecule has 3 aliphatic heterocycles. The number of hydrogen-bond donors (Lipinski definition) is 4. The van der Waals surface area contributed by atoms with E-state index in [4.69, 9.17) is 24.5 Å². The summed E-state index contributed by atoms with van der Waals surface area (Å²) in [6.07, 6.45) is -1.11. The van der Waals surface area contributed by atoms with Crippen molar-refractivity contribution in [2.75, 3.05) is 39.1 Å². The van der Waals surface area contributed by atoms with Crippen LogP contribution in [0.15, 0.2) is 6.33 Å². The zero-order valence-electron chi connectivity index (χ0n) is 26.0. The molecule has 2 aromatic heterocycles. The van der Waals surface area contributed by atoms with Crippen LogP contribution in [0.3, 0.4) is 0 Å². The zero-order valence-corrected chi connectivity index (χ0v) is 26.9. The molecular formula is C27H42N7O10P. The van der Waals surface area contributed by atoms with Gasteiger partial charge in [-0.25, -0.2) is 14.3 Å². The van der Waals surface area contributed by atoms with E-state index in [9.17, 15) is 29.5 Å². The predicted molar refractivity (Wildman–Crippen MR) is 158 cm³/mol. The second-order valence-electron chi connectivity index (χ2n) is 13.0. The maximum Gasteiger partial charge on any atom is 0.347 e. The minimum Gasteiger partial charge on any atom is -0.480 e. The average molecular weight is 656 g/mol. The van der Waals surface area contributed by atoms with E-state index in [-0.39, 0.29) is 54.5 Å². The van der Waals surface area contributed by atoms with Crippen molar-refractivity contribution in [3.8, 4) is 5.88 Å². The zero-order chi connectivity index (χ0) is 32.9. The Hall–Kier alpha value is -2.92. The van der Waals surface area contributed by atoms with Crippen LogP contribution in [0, 0.1) is 5.41 Å². The number of methoxy groups -OCH3 is 1. The molecule has 7 atom stereocenters. The summed E-state index contributed by atoms with van der Waals surface area (Å²) in [7, 11) is -2.83. The molecular weight excluding hydrogens is 613 g/mol. The minimum absolute atomic E-state index is 0.107. The first-order valence-corrected chi connectivity index (χ1v) is 16.4. The summed E-state index contributed by atoms with van der Waals surface area (Å²) < 4.78 is 42.1. The lowest BCUT2D eigenvalue weighted by Gasteiger charge is -2.38. The van der Waals surface area contributed by atoms with Gasteiger partial charge >= 0.3 is 19.6 Å². The summed E-state index contributed by atoms with van der Waals surface area (Å²) in [5.74, 6) is -1.73. The number of aliphatic hydroxyl groups excluding tert-OH is 1. The Labute approximate surface area is 260 Å². The number of ether oxygens (including phenoxy) is 3. The van der Waals surface area contributed by atoms with Crippen molar-refractivity contribution in [3.05, 3.63) is 6.33 Å². The number of rotatable bonds is 10. The number of imidazole rings is 1. The molecule has 17 nitrogen and oxygen atoms in total. The third-order valence-electron chi connectivity index (χ3n) is 8.32. The van der Waals surface area contributed by atoms with Gasteiger partial charge in [-0.15, -0.1) is 0 Å². The third-order valence-corrected chi connectivity index (χ3v) is 11.1. The molecule has 0 aliphatic carbocycles. The van der Waals surface area contributed by atoms with Crippen molar-refractivity contribution >= 4 is 36.7 Å². The summed E-state index contributed by atoms with van der Waals surface area (Å²) >= 11 is 0. The molecule has 3 fully saturated rings. The summed E-state index contributed by atoms with van der Waals surface area (Å²) in [5, 5.41) is 32.6. The van der Waals surface area contributed by atoms with Crippen LogP contribution in [-0.4, -0.2) is 119 Å². The Bertz CT molecular complexity index is 1480. The Kier molecular flexibility index (Phi) is 9.18. The van der Waals surface area contributed by atoms with Crippen molar-refractivity contribution in [1.29, 1.82) is 0 Å². The van der Waals surface area contributed by atoms with E-state index in [0.717, 1.165) is 0 Å². The normalized spacial score (nSPS) is 31.0. The molecule has 3 aliphatic rings. The van der Waals surface area contributed by atoms with E-state index in [0.29, 0.717) is 19.3 Å². The number of carboxylic acid groups (broad SMARTS) is 1. The number of nitrogens with two attached hydrogens (primary N) is 1. The Morgan fingerprint density at radius 3 is 2.44 bits per heavy atom. The lowest BCUT2D eigenvalue weighted by Crippen LogP contribution is -2.46. The van der Waals surface area contributed by atoms with Gasteiger partial charge in [-0.2, -0.15) is 9.97 Å². The van der Waals surface area contributed by atoms with Gasteiger partial charge in [0.1, 0.15) is 29.9 Å². The molecule has 0 bridgehead atoms. The molecule has 0 radical (unpaired) electrons. The maximum absolute atomic E-state index is 15.0. The highest BCUT2D eigenvalue weighted by molar-refractivity contribution is 7.54. The number of carboxylic acids is 1. The number of fused-ring (bicyclic) bond motifs is 1. The molecule has 3 unspecified atom stereocenters. The predicted octanol–water partition coefficient (Wildman–Crippen LogP) is 1.15. The fourth-order valence-corrected chi connectivity index (χ4v) is 8.90. The highest BCUT2D eigenvalue weighted by Crippen LogP contribution is 2.60. The van der Waals surface area contributed by atoms with Crippen molar-refractivity contribution in [3.63, 3.8) is 0 Å². The standard InChI is InChI=1S/C27H42N7O10P/c1-26(2,3)13-42-23(38)16-9-7-11-34(16)45(40,33-10-6-8-15(33)22(36)37)43-12-17-19(35)27(4,39)24(44-17)32-14-29-18-20(32)30-25(28)31-21(18)41-5/h14-17,19,24,35,39H,6-13H2,1-5H3,(H,36,37)(H2,28,30,31)/t15?,16?,17-,19-,24-,27-,45?/m1/s1. The number of esters is 1. The lowest BCUT2D eigenvalue weighted by molar-refractivity contribution is -0.150. The van der Waals surface area contributed by atoms with Crippen LogP contribution in [0.25, 0.3) is 11.2 Å². The van der Waals surface area contributed by atoms with Gasteiger partial charge in [-0.05, 0) is 38.0 Å². The molecule has 2 aromatic rings. The molecule has 0 aromatic carbocycles. The quantitative estimate of drug-likeness (QED) is 0.208. The van der Waals surface area contributed by atoms with Crippen molar-refractivity contribution < 1.29 is 48.2 Å². The fraction of sp³-hybridized carbons (Fsp3) is 0.741. The number of nitrogens with zero attached hydrogens (tertiary/aromatic N) is 6. The van der Waals surface area contributed by atoms with Gasteiger partial charge in [0.15, 0.2) is 17.4 Å². The number of nitrogen functional groups attached to an aromatic ring is 1. The number of aliphatic carboxylic acids is 1. The van der Waals surface area contributed by atoms with Crippen molar-refractivity contribution in [1.82, 2.24) is 28.9 Å². The second-order valence-corrected chi connectivity index (χ2v) is 15.3. The molecule has 3 saturated heterocycles. The van der Waals surface area contributed by atoms with Gasteiger partial charge in [0, 0.05) is 13.1 Å². The number of hydrogen-bond acceptors (Lipinski definition) is 13. The van der Waals surface area contributed by atoms with E-state index in [1.54, 1.807) is 0 Å². The first kappa shape index (κ1) is 33.4. The van der Waals surface area contributed by atoms with E-state index in [2.05, 4.69) is 15.0 Å². The lowest BCUT2D eigenvalue weighted by atomic mass is 9.96. The second kappa shape index (κ2) is 12.4. The summed E-state index contributed by atoms with van der Waals surface area (Å²) in [6, 6.07) is -2.03. The molecule has 250 valence electrons. The molecule has 0 amide bonds. The van der Waals surface area contributed by atoms with Crippen LogP contribution in [0.5, 0.6) is 5.88 Å². The first-order valence-electron chi connectivity index (χ1n) is 14.9. The van der Waals surface area contributed by atoms with Crippen LogP contribution in [-0.2, 0) is 28.2 Å². The van der Waals surface area contributed by atoms with Crippen LogP contribution < -0.4 is 10.5 Å². The molecule has 0 spiro atoms. The molecule has 45 heavy (non-hydrogen) atoms. The highest BCUT2D eigenvalue weighted by atomic mass is 31.2. The highest BCUT2D eigenvalue weighted by Gasteiger charge is 2.57. The SMILES string of the molecule is COc1nc(N)nc2c1ncn2[C@@H]1O[C@H](COP(=O)(N2CCCC2C(=O)O)N2CCCC2C(=O)OCC(C)(C)C)[C@@H](O)[C@@]1(C)O. The Morgan fingerprint density at radius 1 is 1.18 bits per heavy atom. The van der Waals surface area contributed by atoms with Crippen molar-refractivity contribution in [2.45, 2.75) is 89.5 Å². The van der Waals surface area contributed by atoms with Gasteiger partial charge in [0.25, 0.3) is 0 Å². The van der Waals surface area contributed by atoms with Gasteiger partial charge in [-0.1, -0.05) is 20.8 Å². The number of carbonyl (C=O) groups is 2. The van der Waals surface area contributed by atoms with Crippen LogP contribution in [0.1, 0.15) is 59.6 Å². The number of anilines is 1. The average Bonchev–Trinajstić information content (AvgIpc) is 3.77. The van der Waals surface area contributed by atoms with Crippen LogP contribution >= 0.6 is 7.67 Å².